The minimum atomic E-state index is -0.574. The Bertz CT molecular complexity index is 1470. The molecule has 3 aromatic carbocycles. The Morgan fingerprint density at radius 3 is 2.47 bits per heavy atom. The number of urea groups is 1. The molecule has 47 heavy (non-hydrogen) atoms. The average Bonchev–Trinajstić information content (AvgIpc) is 3.54. The number of nitrogens with one attached hydrogen (secondary N) is 2. The second-order valence-electron chi connectivity index (χ2n) is 12.2. The Labute approximate surface area is 277 Å². The molecule has 3 aromatic rings. The average molecular weight is 646 g/mol. The normalized spacial score (nSPS) is 22.9. The van der Waals surface area contributed by atoms with Gasteiger partial charge in [0.25, 0.3) is 0 Å². The second kappa shape index (κ2) is 16.9. The van der Waals surface area contributed by atoms with Crippen molar-refractivity contribution in [3.8, 4) is 11.1 Å². The minimum Gasteiger partial charge on any atom is -0.465 e. The maximum atomic E-state index is 12.2. The number of likely N-dealkylation sites (tertiary alicyclic amines) is 1. The van der Waals surface area contributed by atoms with Gasteiger partial charge in [-0.3, -0.25) is 9.69 Å². The fourth-order valence-electron chi connectivity index (χ4n) is 6.41. The molecule has 0 radical (unpaired) electrons. The zero-order valence-corrected chi connectivity index (χ0v) is 27.5. The summed E-state index contributed by atoms with van der Waals surface area (Å²) in [6.07, 6.45) is 1.44. The third-order valence-electron chi connectivity index (χ3n) is 8.97. The van der Waals surface area contributed by atoms with Crippen molar-refractivity contribution < 1.29 is 33.6 Å². The van der Waals surface area contributed by atoms with Gasteiger partial charge in [0, 0.05) is 37.7 Å². The van der Waals surface area contributed by atoms with Gasteiger partial charge in [-0.05, 0) is 66.3 Å². The van der Waals surface area contributed by atoms with Crippen LogP contribution in [0, 0.1) is 5.92 Å². The number of nitrogens with zero attached hydrogens (tertiary/aromatic N) is 1. The molecule has 0 aliphatic carbocycles. The molecule has 5 rings (SSSR count). The van der Waals surface area contributed by atoms with Crippen LogP contribution in [0.4, 0.5) is 4.79 Å². The van der Waals surface area contributed by atoms with Crippen molar-refractivity contribution in [3.05, 3.63) is 95.1 Å². The third kappa shape index (κ3) is 9.18. The Morgan fingerprint density at radius 1 is 0.957 bits per heavy atom. The van der Waals surface area contributed by atoms with Crippen LogP contribution in [0.2, 0.25) is 0 Å². The van der Waals surface area contributed by atoms with Crippen LogP contribution in [0.5, 0.6) is 0 Å². The number of hydrogen-bond acceptors (Lipinski definition) is 8. The number of amides is 2. The van der Waals surface area contributed by atoms with Gasteiger partial charge in [0.1, 0.15) is 6.54 Å². The van der Waals surface area contributed by atoms with Gasteiger partial charge in [-0.15, -0.1) is 0 Å². The topological polar surface area (TPSA) is 119 Å². The van der Waals surface area contributed by atoms with Gasteiger partial charge in [0.05, 0.1) is 32.0 Å². The van der Waals surface area contributed by atoms with E-state index in [4.69, 9.17) is 18.9 Å². The lowest BCUT2D eigenvalue weighted by atomic mass is 9.89. The van der Waals surface area contributed by atoms with Crippen LogP contribution in [0.15, 0.2) is 72.8 Å². The quantitative estimate of drug-likeness (QED) is 0.220. The maximum Gasteiger partial charge on any atom is 0.325 e. The summed E-state index contributed by atoms with van der Waals surface area (Å²) in [7, 11) is 1.76. The summed E-state index contributed by atoms with van der Waals surface area (Å²) in [4.78, 5) is 26.2. The highest BCUT2D eigenvalue weighted by Crippen LogP contribution is 2.43. The van der Waals surface area contributed by atoms with Crippen molar-refractivity contribution in [2.75, 3.05) is 40.0 Å². The fourth-order valence-corrected chi connectivity index (χ4v) is 6.41. The number of aliphatic hydroxyl groups excluding tert-OH is 1. The fraction of sp³-hybridized carbons (Fsp3) is 0.459. The Morgan fingerprint density at radius 2 is 1.72 bits per heavy atom. The summed E-state index contributed by atoms with van der Waals surface area (Å²) in [5, 5.41) is 14.9. The predicted octanol–water partition coefficient (Wildman–Crippen LogP) is 5.11. The number of rotatable bonds is 13. The van der Waals surface area contributed by atoms with E-state index in [9.17, 15) is 14.7 Å². The van der Waals surface area contributed by atoms with Crippen LogP contribution < -0.4 is 10.6 Å². The molecule has 0 bridgehead atoms. The van der Waals surface area contributed by atoms with Gasteiger partial charge >= 0.3 is 12.0 Å². The zero-order valence-electron chi connectivity index (χ0n) is 27.5. The van der Waals surface area contributed by atoms with Crippen molar-refractivity contribution in [3.63, 3.8) is 0 Å². The van der Waals surface area contributed by atoms with Crippen LogP contribution in [0.3, 0.4) is 0 Å². The maximum absolute atomic E-state index is 12.2. The van der Waals surface area contributed by atoms with E-state index in [1.807, 2.05) is 60.7 Å². The summed E-state index contributed by atoms with van der Waals surface area (Å²) < 4.78 is 23.9. The lowest BCUT2D eigenvalue weighted by Crippen LogP contribution is -2.46. The molecule has 2 heterocycles. The molecule has 0 aromatic heterocycles. The second-order valence-corrected chi connectivity index (χ2v) is 12.2. The highest BCUT2D eigenvalue weighted by atomic mass is 16.7. The Balaban J connectivity index is 1.33. The first kappa shape index (κ1) is 34.5. The summed E-state index contributed by atoms with van der Waals surface area (Å²) in [5.74, 6) is -0.384. The molecule has 3 N–H and O–H groups in total. The summed E-state index contributed by atoms with van der Waals surface area (Å²) in [6, 6.07) is 24.1. The summed E-state index contributed by atoms with van der Waals surface area (Å²) in [6.45, 7) is 6.82. The summed E-state index contributed by atoms with van der Waals surface area (Å²) >= 11 is 0. The number of hydrogen-bond donors (Lipinski definition) is 3. The van der Waals surface area contributed by atoms with E-state index in [1.54, 1.807) is 14.0 Å². The molecule has 2 aliphatic rings. The number of esters is 1. The molecule has 252 valence electrons. The SMILES string of the molecule is CCOC(=O)CNC(=O)NCc1cccc(-c2cccc([C@H]3O[C@@H](CN4CCC[C@H]4COC)[C@@H](C)[C@@H](c4ccc(CO)cc4)O3)c2)c1. The van der Waals surface area contributed by atoms with E-state index in [-0.39, 0.29) is 37.9 Å². The first-order chi connectivity index (χ1) is 22.9. The van der Waals surface area contributed by atoms with Gasteiger partial charge in [-0.1, -0.05) is 67.6 Å². The van der Waals surface area contributed by atoms with Gasteiger partial charge < -0.3 is 34.7 Å². The molecule has 2 saturated heterocycles. The minimum absolute atomic E-state index is 0.00168. The van der Waals surface area contributed by atoms with Crippen molar-refractivity contribution in [1.82, 2.24) is 15.5 Å². The first-order valence-corrected chi connectivity index (χ1v) is 16.5. The van der Waals surface area contributed by atoms with Gasteiger partial charge in [0.2, 0.25) is 0 Å². The number of carbonyl (C=O) groups is 2. The van der Waals surface area contributed by atoms with Gasteiger partial charge in [-0.2, -0.15) is 0 Å². The number of ether oxygens (including phenoxy) is 4. The molecule has 10 heteroatoms. The van der Waals surface area contributed by atoms with E-state index >= 15 is 0 Å². The molecular weight excluding hydrogens is 598 g/mol. The Hall–Kier alpha value is -3.80. The van der Waals surface area contributed by atoms with E-state index in [0.29, 0.717) is 19.2 Å². The molecule has 0 saturated carbocycles. The molecular formula is C37H47N3O7. The number of methoxy groups -OCH3 is 1. The molecule has 2 aliphatic heterocycles. The zero-order chi connectivity index (χ0) is 33.2. The van der Waals surface area contributed by atoms with E-state index < -0.39 is 18.3 Å². The van der Waals surface area contributed by atoms with Crippen molar-refractivity contribution in [1.29, 1.82) is 0 Å². The van der Waals surface area contributed by atoms with E-state index in [1.165, 1.54) is 0 Å². The van der Waals surface area contributed by atoms with E-state index in [2.05, 4.69) is 34.6 Å². The lowest BCUT2D eigenvalue weighted by Gasteiger charge is -2.43. The number of benzene rings is 3. The lowest BCUT2D eigenvalue weighted by molar-refractivity contribution is -0.276. The third-order valence-corrected chi connectivity index (χ3v) is 8.97. The highest BCUT2D eigenvalue weighted by Gasteiger charge is 2.40. The summed E-state index contributed by atoms with van der Waals surface area (Å²) in [5.41, 5.74) is 5.76. The van der Waals surface area contributed by atoms with Gasteiger partial charge in [0.15, 0.2) is 6.29 Å². The number of aliphatic hydroxyl groups is 1. The van der Waals surface area contributed by atoms with Crippen molar-refractivity contribution >= 4 is 12.0 Å². The van der Waals surface area contributed by atoms with Crippen molar-refractivity contribution in [2.45, 2.75) is 64.4 Å². The first-order valence-electron chi connectivity index (χ1n) is 16.5. The molecule has 2 amide bonds. The Kier molecular flexibility index (Phi) is 12.4. The van der Waals surface area contributed by atoms with Gasteiger partial charge in [-0.25, -0.2) is 4.79 Å². The van der Waals surface area contributed by atoms with E-state index in [0.717, 1.165) is 59.3 Å². The molecule has 10 nitrogen and oxygen atoms in total. The molecule has 0 spiro atoms. The van der Waals surface area contributed by atoms with Crippen LogP contribution in [-0.2, 0) is 36.9 Å². The molecule has 0 unspecified atom stereocenters. The molecule has 2 fully saturated rings. The predicted molar refractivity (Wildman–Crippen MR) is 178 cm³/mol. The van der Waals surface area contributed by atoms with Crippen LogP contribution in [0.25, 0.3) is 11.1 Å². The molecule has 5 atom stereocenters. The van der Waals surface area contributed by atoms with Crippen LogP contribution in [0.1, 0.15) is 61.3 Å². The van der Waals surface area contributed by atoms with Crippen LogP contribution in [-0.4, -0.2) is 74.1 Å². The largest absolute Gasteiger partial charge is 0.465 e. The standard InChI is InChI=1S/C37H47N3O7/c1-4-45-34(42)21-39-37(43)38-20-27-8-5-9-29(18-27)30-10-6-11-31(19-30)36-46-33(22-40-17-7-12-32(40)24-44-3)25(2)35(47-36)28-15-13-26(23-41)14-16-28/h5-6,8-11,13-16,18-19,25,32-33,35-36,41H,4,7,12,17,20-24H2,1-3H3,(H2,38,39,43)/t25-,32+,33+,35+,36+/m1/s1. The van der Waals surface area contributed by atoms with Crippen molar-refractivity contribution in [2.24, 2.45) is 5.92 Å². The monoisotopic (exact) mass is 645 g/mol. The smallest absolute Gasteiger partial charge is 0.325 e. The number of carbonyl (C=O) groups excluding carboxylic acids is 2. The van der Waals surface area contributed by atoms with Crippen LogP contribution >= 0.6 is 0 Å². The highest BCUT2D eigenvalue weighted by molar-refractivity contribution is 5.80.